The van der Waals surface area contributed by atoms with Crippen molar-refractivity contribution in [1.29, 1.82) is 0 Å². The van der Waals surface area contributed by atoms with Crippen LogP contribution in [0.2, 0.25) is 0 Å². The average molecular weight is 248 g/mol. The van der Waals surface area contributed by atoms with Gasteiger partial charge in [0.15, 0.2) is 0 Å². The van der Waals surface area contributed by atoms with E-state index in [0.717, 1.165) is 32.1 Å². The van der Waals surface area contributed by atoms with Crippen LogP contribution in [0.15, 0.2) is 0 Å². The molecule has 0 atom stereocenters. The maximum absolute atomic E-state index is 11.9. The van der Waals surface area contributed by atoms with Crippen LogP contribution in [0.25, 0.3) is 0 Å². The molecule has 1 saturated carbocycles. The van der Waals surface area contributed by atoms with Crippen LogP contribution >= 0.6 is 0 Å². The van der Waals surface area contributed by atoms with Crippen molar-refractivity contribution in [2.75, 3.05) is 19.3 Å². The fraction of sp³-hybridized carbons (Fsp3) is 1.00. The van der Waals surface area contributed by atoms with E-state index in [9.17, 15) is 8.42 Å². The third-order valence-electron chi connectivity index (χ3n) is 3.52. The zero-order valence-corrected chi connectivity index (χ0v) is 11.2. The van der Waals surface area contributed by atoms with Crippen molar-refractivity contribution in [2.45, 2.75) is 51.0 Å². The van der Waals surface area contributed by atoms with Crippen LogP contribution in [0.4, 0.5) is 0 Å². The summed E-state index contributed by atoms with van der Waals surface area (Å²) in [7, 11) is -3.14. The number of sulfonamides is 1. The van der Waals surface area contributed by atoms with Crippen LogP contribution < -0.4 is 5.73 Å². The van der Waals surface area contributed by atoms with Gasteiger partial charge in [-0.2, -0.15) is 4.31 Å². The standard InChI is InChI=1S/C11H24N2O2S/c1-3-9-13(16(2,14)15)11(10-12)7-5-4-6-8-11/h3-10,12H2,1-2H3. The minimum absolute atomic E-state index is 0.304. The largest absolute Gasteiger partial charge is 0.329 e. The summed E-state index contributed by atoms with van der Waals surface area (Å²) in [4.78, 5) is 0. The summed E-state index contributed by atoms with van der Waals surface area (Å²) in [6, 6.07) is 0. The molecule has 1 aliphatic carbocycles. The molecule has 96 valence electrons. The summed E-state index contributed by atoms with van der Waals surface area (Å²) in [5, 5.41) is 0. The van der Waals surface area contributed by atoms with Gasteiger partial charge in [0, 0.05) is 18.6 Å². The first kappa shape index (κ1) is 13.9. The molecule has 0 amide bonds. The summed E-state index contributed by atoms with van der Waals surface area (Å²) in [6.07, 6.45) is 7.35. The molecule has 0 bridgehead atoms. The molecule has 16 heavy (non-hydrogen) atoms. The minimum atomic E-state index is -3.14. The third kappa shape index (κ3) is 2.96. The lowest BCUT2D eigenvalue weighted by atomic mass is 9.81. The SMILES string of the molecule is CCCN(C1(CN)CCCCC1)S(C)(=O)=O. The molecule has 0 aromatic rings. The molecule has 0 radical (unpaired) electrons. The maximum Gasteiger partial charge on any atom is 0.211 e. The van der Waals surface area contributed by atoms with Crippen LogP contribution in [-0.4, -0.2) is 37.6 Å². The Kier molecular flexibility index (Phi) is 4.76. The highest BCUT2D eigenvalue weighted by Crippen LogP contribution is 2.34. The van der Waals surface area contributed by atoms with E-state index in [1.54, 1.807) is 4.31 Å². The molecule has 2 N–H and O–H groups in total. The molecule has 0 aliphatic heterocycles. The highest BCUT2D eigenvalue weighted by Gasteiger charge is 2.40. The van der Waals surface area contributed by atoms with Crippen LogP contribution in [0, 0.1) is 0 Å². The zero-order valence-electron chi connectivity index (χ0n) is 10.4. The average Bonchev–Trinajstić information content (AvgIpc) is 2.25. The molecule has 1 rings (SSSR count). The van der Waals surface area contributed by atoms with Gasteiger partial charge in [0.2, 0.25) is 10.0 Å². The Morgan fingerprint density at radius 3 is 2.19 bits per heavy atom. The Bertz CT molecular complexity index is 308. The fourth-order valence-electron chi connectivity index (χ4n) is 2.72. The van der Waals surface area contributed by atoms with Crippen molar-refractivity contribution in [3.63, 3.8) is 0 Å². The number of nitrogens with zero attached hydrogens (tertiary/aromatic N) is 1. The van der Waals surface area contributed by atoms with Crippen molar-refractivity contribution in [3.8, 4) is 0 Å². The van der Waals surface area contributed by atoms with Crippen molar-refractivity contribution in [2.24, 2.45) is 5.73 Å². The van der Waals surface area contributed by atoms with Gasteiger partial charge in [-0.25, -0.2) is 8.42 Å². The van der Waals surface area contributed by atoms with Gasteiger partial charge >= 0.3 is 0 Å². The molecule has 0 aromatic heterocycles. The van der Waals surface area contributed by atoms with Crippen molar-refractivity contribution in [3.05, 3.63) is 0 Å². The highest BCUT2D eigenvalue weighted by molar-refractivity contribution is 7.88. The molecule has 4 nitrogen and oxygen atoms in total. The molecule has 0 spiro atoms. The molecule has 0 aromatic carbocycles. The second-order valence-corrected chi connectivity index (χ2v) is 6.73. The van der Waals surface area contributed by atoms with E-state index in [-0.39, 0.29) is 5.54 Å². The quantitative estimate of drug-likeness (QED) is 0.798. The van der Waals surface area contributed by atoms with E-state index in [1.807, 2.05) is 6.92 Å². The van der Waals surface area contributed by atoms with Crippen LogP contribution in [-0.2, 0) is 10.0 Å². The summed E-state index contributed by atoms with van der Waals surface area (Å²) in [5.74, 6) is 0. The lowest BCUT2D eigenvalue weighted by Gasteiger charge is -2.44. The van der Waals surface area contributed by atoms with E-state index in [4.69, 9.17) is 5.73 Å². The smallest absolute Gasteiger partial charge is 0.211 e. The molecular formula is C11H24N2O2S. The van der Waals surface area contributed by atoms with E-state index in [1.165, 1.54) is 12.7 Å². The van der Waals surface area contributed by atoms with E-state index < -0.39 is 10.0 Å². The van der Waals surface area contributed by atoms with Gasteiger partial charge in [-0.05, 0) is 19.3 Å². The third-order valence-corrected chi connectivity index (χ3v) is 4.89. The fourth-order valence-corrected chi connectivity index (χ4v) is 4.20. The van der Waals surface area contributed by atoms with Gasteiger partial charge in [0.25, 0.3) is 0 Å². The second kappa shape index (κ2) is 5.47. The Morgan fingerprint density at radius 1 is 1.25 bits per heavy atom. The highest BCUT2D eigenvalue weighted by atomic mass is 32.2. The number of rotatable bonds is 5. The molecule has 0 heterocycles. The Hall–Kier alpha value is -0.130. The molecule has 0 saturated heterocycles. The van der Waals surface area contributed by atoms with Gasteiger partial charge in [0.05, 0.1) is 6.26 Å². The first-order chi connectivity index (χ1) is 7.46. The molecule has 0 unspecified atom stereocenters. The van der Waals surface area contributed by atoms with Gasteiger partial charge in [-0.3, -0.25) is 0 Å². The first-order valence-electron chi connectivity index (χ1n) is 6.14. The molecule has 5 heteroatoms. The first-order valence-corrected chi connectivity index (χ1v) is 7.99. The zero-order chi connectivity index (χ0) is 12.2. The van der Waals surface area contributed by atoms with E-state index in [0.29, 0.717) is 13.1 Å². The van der Waals surface area contributed by atoms with Crippen LogP contribution in [0.3, 0.4) is 0 Å². The van der Waals surface area contributed by atoms with Crippen molar-refractivity contribution >= 4 is 10.0 Å². The number of hydrogen-bond acceptors (Lipinski definition) is 3. The normalized spacial score (nSPS) is 21.2. The van der Waals surface area contributed by atoms with Crippen molar-refractivity contribution < 1.29 is 8.42 Å². The van der Waals surface area contributed by atoms with E-state index >= 15 is 0 Å². The number of nitrogens with two attached hydrogens (primary N) is 1. The Morgan fingerprint density at radius 2 is 1.81 bits per heavy atom. The number of hydrogen-bond donors (Lipinski definition) is 1. The second-order valence-electron chi connectivity index (χ2n) is 4.82. The lowest BCUT2D eigenvalue weighted by molar-refractivity contribution is 0.137. The van der Waals surface area contributed by atoms with Gasteiger partial charge in [-0.15, -0.1) is 0 Å². The van der Waals surface area contributed by atoms with Gasteiger partial charge < -0.3 is 5.73 Å². The summed E-state index contributed by atoms with van der Waals surface area (Å²) >= 11 is 0. The summed E-state index contributed by atoms with van der Waals surface area (Å²) in [5.41, 5.74) is 5.56. The minimum Gasteiger partial charge on any atom is -0.329 e. The van der Waals surface area contributed by atoms with Crippen LogP contribution in [0.1, 0.15) is 45.4 Å². The van der Waals surface area contributed by atoms with E-state index in [2.05, 4.69) is 0 Å². The molecule has 1 aliphatic rings. The van der Waals surface area contributed by atoms with Gasteiger partial charge in [0.1, 0.15) is 0 Å². The Balaban J connectivity index is 2.97. The summed E-state index contributed by atoms with van der Waals surface area (Å²) < 4.78 is 25.4. The lowest BCUT2D eigenvalue weighted by Crippen LogP contribution is -2.57. The molecular weight excluding hydrogens is 224 g/mol. The predicted octanol–water partition coefficient (Wildman–Crippen LogP) is 1.32. The topological polar surface area (TPSA) is 63.4 Å². The maximum atomic E-state index is 11.9. The monoisotopic (exact) mass is 248 g/mol. The van der Waals surface area contributed by atoms with Crippen LogP contribution in [0.5, 0.6) is 0 Å². The molecule has 1 fully saturated rings. The Labute approximate surface area is 99.2 Å². The summed E-state index contributed by atoms with van der Waals surface area (Å²) in [6.45, 7) is 3.04. The van der Waals surface area contributed by atoms with Gasteiger partial charge in [-0.1, -0.05) is 26.2 Å². The predicted molar refractivity (Wildman–Crippen MR) is 66.7 cm³/mol. The van der Waals surface area contributed by atoms with Crippen molar-refractivity contribution in [1.82, 2.24) is 4.31 Å².